The van der Waals surface area contributed by atoms with Gasteiger partial charge in [-0.2, -0.15) is 0 Å². The van der Waals surface area contributed by atoms with E-state index in [0.717, 1.165) is 5.56 Å². The zero-order valence-electron chi connectivity index (χ0n) is 14.6. The predicted molar refractivity (Wildman–Crippen MR) is 98.3 cm³/mol. The van der Waals surface area contributed by atoms with Crippen LogP contribution in [0.3, 0.4) is 0 Å². The van der Waals surface area contributed by atoms with E-state index in [1.54, 1.807) is 12.1 Å². The molecule has 6 heteroatoms. The summed E-state index contributed by atoms with van der Waals surface area (Å²) in [6.45, 7) is 4.19. The number of amides is 1. The van der Waals surface area contributed by atoms with Crippen LogP contribution in [-0.2, 0) is 22.7 Å². The van der Waals surface area contributed by atoms with Gasteiger partial charge in [0.15, 0.2) is 0 Å². The third-order valence-corrected chi connectivity index (χ3v) is 3.58. The lowest BCUT2D eigenvalue weighted by atomic mass is 10.1. The Bertz CT molecular complexity index is 773. The number of hydrogen-bond donors (Lipinski definition) is 1. The maximum atomic E-state index is 12.5. The third-order valence-electron chi connectivity index (χ3n) is 3.58. The fourth-order valence-electron chi connectivity index (χ4n) is 2.41. The molecule has 0 aliphatic carbocycles. The molecule has 0 fully saturated rings. The zero-order valence-corrected chi connectivity index (χ0v) is 14.6. The molecule has 0 aromatic heterocycles. The number of methoxy groups -OCH3 is 1. The van der Waals surface area contributed by atoms with Gasteiger partial charge in [-0.1, -0.05) is 36.4 Å². The molecule has 136 valence electrons. The second kappa shape index (κ2) is 9.39. The van der Waals surface area contributed by atoms with E-state index in [1.165, 1.54) is 24.1 Å². The molecule has 1 N–H and O–H groups in total. The Labute approximate surface area is 152 Å². The van der Waals surface area contributed by atoms with Gasteiger partial charge in [0.05, 0.1) is 12.2 Å². The van der Waals surface area contributed by atoms with E-state index >= 15 is 0 Å². The first-order chi connectivity index (χ1) is 12.5. The molecule has 1 amide bonds. The van der Waals surface area contributed by atoms with Crippen molar-refractivity contribution in [3.05, 3.63) is 77.9 Å². The fraction of sp³-hybridized carbons (Fsp3) is 0.200. The number of nitrogens with zero attached hydrogens (tertiary/aromatic N) is 1. The van der Waals surface area contributed by atoms with Gasteiger partial charge in [0, 0.05) is 19.3 Å². The summed E-state index contributed by atoms with van der Waals surface area (Å²) in [6.07, 6.45) is 0.965. The first-order valence-electron chi connectivity index (χ1n) is 8.00. The molecular weight excluding hydrogens is 334 g/mol. The van der Waals surface area contributed by atoms with E-state index < -0.39 is 12.1 Å². The average molecular weight is 355 g/mol. The van der Waals surface area contributed by atoms with Crippen molar-refractivity contribution >= 4 is 17.7 Å². The molecule has 0 bridgehead atoms. The quantitative estimate of drug-likeness (QED) is 0.728. The Morgan fingerprint density at radius 3 is 2.46 bits per heavy atom. The van der Waals surface area contributed by atoms with E-state index in [4.69, 9.17) is 9.47 Å². The molecule has 6 nitrogen and oxygen atoms in total. The Balaban J connectivity index is 2.25. The van der Waals surface area contributed by atoms with Crippen LogP contribution in [0.5, 0.6) is 0 Å². The fourth-order valence-corrected chi connectivity index (χ4v) is 2.41. The topological polar surface area (TPSA) is 76.1 Å². The minimum absolute atomic E-state index is 0.0690. The number of hydrogen-bond acceptors (Lipinski definition) is 4. The summed E-state index contributed by atoms with van der Waals surface area (Å²) in [4.78, 5) is 25.2. The molecule has 0 heterocycles. The van der Waals surface area contributed by atoms with Gasteiger partial charge in [0.25, 0.3) is 0 Å². The number of ether oxygens (including phenoxy) is 2. The number of aromatic carboxylic acids is 1. The van der Waals surface area contributed by atoms with Gasteiger partial charge in [-0.15, -0.1) is 6.58 Å². The molecule has 26 heavy (non-hydrogen) atoms. The smallest absolute Gasteiger partial charge is 0.414 e. The molecule has 0 saturated heterocycles. The highest BCUT2D eigenvalue weighted by molar-refractivity contribution is 5.93. The molecule has 0 radical (unpaired) electrons. The van der Waals surface area contributed by atoms with Crippen molar-refractivity contribution in [2.24, 2.45) is 0 Å². The number of carbonyl (C=O) groups is 2. The van der Waals surface area contributed by atoms with Crippen LogP contribution >= 0.6 is 0 Å². The van der Waals surface area contributed by atoms with Crippen molar-refractivity contribution in [3.8, 4) is 0 Å². The first kappa shape index (κ1) is 19.2. The van der Waals surface area contributed by atoms with E-state index in [-0.39, 0.29) is 25.3 Å². The third kappa shape index (κ3) is 5.19. The van der Waals surface area contributed by atoms with E-state index in [0.29, 0.717) is 11.3 Å². The molecule has 0 aliphatic heterocycles. The highest BCUT2D eigenvalue weighted by atomic mass is 16.6. The molecule has 2 rings (SSSR count). The van der Waals surface area contributed by atoms with Crippen LogP contribution < -0.4 is 4.90 Å². The molecule has 0 unspecified atom stereocenters. The number of carboxylic acids is 1. The first-order valence-corrected chi connectivity index (χ1v) is 8.00. The summed E-state index contributed by atoms with van der Waals surface area (Å²) in [5.74, 6) is -1.08. The summed E-state index contributed by atoms with van der Waals surface area (Å²) < 4.78 is 10.4. The van der Waals surface area contributed by atoms with Gasteiger partial charge >= 0.3 is 12.1 Å². The average Bonchev–Trinajstić information content (AvgIpc) is 2.65. The summed E-state index contributed by atoms with van der Waals surface area (Å²) in [7, 11) is 1.52. The molecule has 2 aromatic rings. The Kier molecular flexibility index (Phi) is 6.93. The lowest BCUT2D eigenvalue weighted by molar-refractivity contribution is 0.0696. The molecule has 0 spiro atoms. The van der Waals surface area contributed by atoms with E-state index in [1.807, 2.05) is 30.3 Å². The second-order valence-corrected chi connectivity index (χ2v) is 5.57. The van der Waals surface area contributed by atoms with Crippen LogP contribution in [-0.4, -0.2) is 30.8 Å². The van der Waals surface area contributed by atoms with Gasteiger partial charge in [0.2, 0.25) is 0 Å². The highest BCUT2D eigenvalue weighted by Gasteiger charge is 2.19. The summed E-state index contributed by atoms with van der Waals surface area (Å²) in [5, 5.41) is 9.31. The van der Waals surface area contributed by atoms with Crippen LogP contribution in [0, 0.1) is 0 Å². The number of carboxylic acid groups (broad SMARTS) is 1. The van der Waals surface area contributed by atoms with Crippen LogP contribution in [0.25, 0.3) is 0 Å². The minimum atomic E-state index is -1.08. The maximum absolute atomic E-state index is 12.5. The molecule has 0 aliphatic rings. The van der Waals surface area contributed by atoms with Crippen molar-refractivity contribution < 1.29 is 24.2 Å². The number of anilines is 1. The van der Waals surface area contributed by atoms with Crippen LogP contribution in [0.1, 0.15) is 21.5 Å². The van der Waals surface area contributed by atoms with Crippen LogP contribution in [0.15, 0.2) is 61.2 Å². The van der Waals surface area contributed by atoms with Gasteiger partial charge < -0.3 is 14.6 Å². The predicted octanol–water partition coefficient (Wildman–Crippen LogP) is 3.86. The Morgan fingerprint density at radius 1 is 1.12 bits per heavy atom. The SMILES string of the molecule is C=CCN(C(=O)OCc1ccccc1)c1cc(COC)cc(C(=O)O)c1. The molecule has 2 aromatic carbocycles. The minimum Gasteiger partial charge on any atom is -0.478 e. The van der Waals surface area contributed by atoms with E-state index in [9.17, 15) is 14.7 Å². The van der Waals surface area contributed by atoms with Gasteiger partial charge in [0.1, 0.15) is 6.61 Å². The van der Waals surface area contributed by atoms with Gasteiger partial charge in [-0.3, -0.25) is 4.90 Å². The summed E-state index contributed by atoms with van der Waals surface area (Å²) in [5.41, 5.74) is 1.99. The van der Waals surface area contributed by atoms with Crippen molar-refractivity contribution in [1.82, 2.24) is 0 Å². The number of carbonyl (C=O) groups excluding carboxylic acids is 1. The Morgan fingerprint density at radius 2 is 1.85 bits per heavy atom. The van der Waals surface area contributed by atoms with Crippen LogP contribution in [0.4, 0.5) is 10.5 Å². The standard InChI is InChI=1S/C20H21NO5/c1-3-9-21(20(24)26-14-15-7-5-4-6-8-15)18-11-16(13-25-2)10-17(12-18)19(22)23/h3-8,10-12H,1,9,13-14H2,2H3,(H,22,23). The molecule has 0 saturated carbocycles. The van der Waals surface area contributed by atoms with E-state index in [2.05, 4.69) is 6.58 Å². The normalized spacial score (nSPS) is 10.2. The molecule has 0 atom stereocenters. The number of benzene rings is 2. The number of rotatable bonds is 8. The lowest BCUT2D eigenvalue weighted by Gasteiger charge is -2.22. The summed E-state index contributed by atoms with van der Waals surface area (Å²) >= 11 is 0. The largest absolute Gasteiger partial charge is 0.478 e. The van der Waals surface area contributed by atoms with Crippen LogP contribution in [0.2, 0.25) is 0 Å². The van der Waals surface area contributed by atoms with Crippen molar-refractivity contribution in [3.63, 3.8) is 0 Å². The lowest BCUT2D eigenvalue weighted by Crippen LogP contribution is -2.32. The molecular formula is C20H21NO5. The maximum Gasteiger partial charge on any atom is 0.414 e. The van der Waals surface area contributed by atoms with Crippen molar-refractivity contribution in [2.45, 2.75) is 13.2 Å². The highest BCUT2D eigenvalue weighted by Crippen LogP contribution is 2.22. The van der Waals surface area contributed by atoms with Gasteiger partial charge in [-0.25, -0.2) is 9.59 Å². The van der Waals surface area contributed by atoms with Crippen molar-refractivity contribution in [1.29, 1.82) is 0 Å². The monoisotopic (exact) mass is 355 g/mol. The van der Waals surface area contributed by atoms with Crippen molar-refractivity contribution in [2.75, 3.05) is 18.6 Å². The summed E-state index contributed by atoms with van der Waals surface area (Å²) in [6, 6.07) is 13.9. The van der Waals surface area contributed by atoms with Gasteiger partial charge in [-0.05, 0) is 29.3 Å². The second-order valence-electron chi connectivity index (χ2n) is 5.57. The Hall–Kier alpha value is -3.12. The zero-order chi connectivity index (χ0) is 18.9.